The average Bonchev–Trinajstić information content (AvgIpc) is 3.32. The number of carbonyl (C=O) groups excluding carboxylic acids is 2. The predicted molar refractivity (Wildman–Crippen MR) is 111 cm³/mol. The zero-order valence-electron chi connectivity index (χ0n) is 16.2. The lowest BCUT2D eigenvalue weighted by atomic mass is 10.2. The quantitative estimate of drug-likeness (QED) is 0.481. The third kappa shape index (κ3) is 3.16. The third-order valence-corrected chi connectivity index (χ3v) is 5.08. The van der Waals surface area contributed by atoms with E-state index in [2.05, 4.69) is 27.1 Å². The Morgan fingerprint density at radius 2 is 2.07 bits per heavy atom. The lowest BCUT2D eigenvalue weighted by molar-refractivity contribution is -0.124. The molecule has 0 radical (unpaired) electrons. The van der Waals surface area contributed by atoms with Crippen LogP contribution in [0.1, 0.15) is 19.4 Å². The van der Waals surface area contributed by atoms with Gasteiger partial charge in [-0.3, -0.25) is 18.7 Å². The minimum atomic E-state index is -0.325. The number of amides is 2. The van der Waals surface area contributed by atoms with Crippen molar-refractivity contribution in [1.82, 2.24) is 24.0 Å². The van der Waals surface area contributed by atoms with E-state index in [1.54, 1.807) is 40.7 Å². The molecule has 1 saturated heterocycles. The number of benzene rings is 1. The zero-order chi connectivity index (χ0) is 21.3. The summed E-state index contributed by atoms with van der Waals surface area (Å²) < 4.78 is 3.02. The first kappa shape index (κ1) is 19.2. The fourth-order valence-corrected chi connectivity index (χ4v) is 3.73. The molecule has 3 heterocycles. The van der Waals surface area contributed by atoms with Crippen LogP contribution >= 0.6 is 0 Å². The van der Waals surface area contributed by atoms with Crippen LogP contribution < -0.4 is 16.7 Å². The van der Waals surface area contributed by atoms with E-state index >= 15 is 0 Å². The van der Waals surface area contributed by atoms with Crippen molar-refractivity contribution in [3.05, 3.63) is 41.1 Å². The molecule has 2 amide bonds. The lowest BCUT2D eigenvalue weighted by Gasteiger charge is -2.14. The molecular weight excluding hydrogens is 386 g/mol. The van der Waals surface area contributed by atoms with E-state index < -0.39 is 0 Å². The van der Waals surface area contributed by atoms with Crippen LogP contribution in [-0.2, 0) is 9.59 Å². The van der Waals surface area contributed by atoms with Crippen LogP contribution in [0, 0.1) is 11.8 Å². The number of anilines is 2. The van der Waals surface area contributed by atoms with E-state index in [4.69, 9.17) is 5.73 Å². The number of fused-ring (bicyclic) bond motifs is 1. The number of aromatic nitrogens is 4. The van der Waals surface area contributed by atoms with Crippen molar-refractivity contribution in [1.29, 1.82) is 0 Å². The molecule has 0 saturated carbocycles. The number of nitrogens with two attached hydrogens (primary N) is 1. The maximum atomic E-state index is 13.4. The molecule has 1 aliphatic rings. The van der Waals surface area contributed by atoms with E-state index in [1.165, 1.54) is 10.9 Å². The Labute approximate surface area is 171 Å². The van der Waals surface area contributed by atoms with Crippen molar-refractivity contribution in [2.24, 2.45) is 0 Å². The smallest absolute Gasteiger partial charge is 0.335 e. The molecule has 10 heteroatoms. The van der Waals surface area contributed by atoms with Gasteiger partial charge in [0, 0.05) is 18.8 Å². The van der Waals surface area contributed by atoms with Crippen molar-refractivity contribution >= 4 is 35.0 Å². The van der Waals surface area contributed by atoms with E-state index in [0.29, 0.717) is 48.5 Å². The van der Waals surface area contributed by atoms with E-state index in [-0.39, 0.29) is 23.5 Å². The van der Waals surface area contributed by atoms with Crippen molar-refractivity contribution in [2.75, 3.05) is 24.1 Å². The molecule has 4 rings (SSSR count). The van der Waals surface area contributed by atoms with Crippen LogP contribution in [0.5, 0.6) is 0 Å². The maximum Gasteiger partial charge on any atom is 0.335 e. The summed E-state index contributed by atoms with van der Waals surface area (Å²) in [5.41, 5.74) is 7.74. The van der Waals surface area contributed by atoms with Gasteiger partial charge in [-0.1, -0.05) is 5.92 Å². The Morgan fingerprint density at radius 1 is 1.30 bits per heavy atom. The molecule has 1 atom stereocenters. The highest BCUT2D eigenvalue weighted by Gasteiger charge is 2.31. The molecule has 0 bridgehead atoms. The molecular formula is C20H19N7O3. The minimum absolute atomic E-state index is 0.175. The molecule has 2 aromatic heterocycles. The highest BCUT2D eigenvalue weighted by Crippen LogP contribution is 2.27. The molecule has 10 nitrogen and oxygen atoms in total. The van der Waals surface area contributed by atoms with Gasteiger partial charge in [0.2, 0.25) is 6.41 Å². The number of carbonyl (C=O) groups is 2. The molecule has 1 aromatic carbocycles. The summed E-state index contributed by atoms with van der Waals surface area (Å²) in [7, 11) is 0. The van der Waals surface area contributed by atoms with Crippen molar-refractivity contribution in [2.45, 2.75) is 19.4 Å². The van der Waals surface area contributed by atoms with E-state index in [1.807, 2.05) is 0 Å². The predicted octanol–water partition coefficient (Wildman–Crippen LogP) is 0.529. The SMILES string of the molecule is CC#CC(=O)N1CCC(n2c(=O)n(-c3ccc(NC=O)cc3)c3c(N)ncnc32)C1. The molecule has 0 spiro atoms. The fraction of sp³-hybridized carbons (Fsp3) is 0.250. The molecule has 1 aliphatic heterocycles. The molecule has 1 unspecified atom stereocenters. The van der Waals surface area contributed by atoms with Gasteiger partial charge in [-0.2, -0.15) is 0 Å². The number of nitrogens with one attached hydrogen (secondary N) is 1. The highest BCUT2D eigenvalue weighted by molar-refractivity contribution is 5.93. The first-order chi connectivity index (χ1) is 14.5. The summed E-state index contributed by atoms with van der Waals surface area (Å²) in [6.07, 6.45) is 2.49. The summed E-state index contributed by atoms with van der Waals surface area (Å²) in [6.45, 7) is 2.47. The topological polar surface area (TPSA) is 128 Å². The van der Waals surface area contributed by atoms with Crippen molar-refractivity contribution < 1.29 is 9.59 Å². The molecule has 3 aromatic rings. The number of rotatable bonds is 4. The summed E-state index contributed by atoms with van der Waals surface area (Å²) in [4.78, 5) is 46.2. The second kappa shape index (κ2) is 7.71. The molecule has 30 heavy (non-hydrogen) atoms. The number of hydrogen-bond donors (Lipinski definition) is 2. The van der Waals surface area contributed by atoms with Gasteiger partial charge in [-0.25, -0.2) is 14.8 Å². The first-order valence-electron chi connectivity index (χ1n) is 9.31. The maximum absolute atomic E-state index is 13.4. The summed E-state index contributed by atoms with van der Waals surface area (Å²) in [6, 6.07) is 6.50. The Hall–Kier alpha value is -4.13. The van der Waals surface area contributed by atoms with Crippen LogP contribution in [0.2, 0.25) is 0 Å². The average molecular weight is 405 g/mol. The van der Waals surface area contributed by atoms with Gasteiger partial charge in [-0.15, -0.1) is 0 Å². The number of hydrogen-bond acceptors (Lipinski definition) is 6. The molecule has 152 valence electrons. The van der Waals surface area contributed by atoms with Crippen LogP contribution in [0.3, 0.4) is 0 Å². The van der Waals surface area contributed by atoms with Gasteiger partial charge in [0.1, 0.15) is 11.8 Å². The van der Waals surface area contributed by atoms with E-state index in [9.17, 15) is 14.4 Å². The van der Waals surface area contributed by atoms with Crippen LogP contribution in [0.4, 0.5) is 11.5 Å². The number of likely N-dealkylation sites (tertiary alicyclic amines) is 1. The van der Waals surface area contributed by atoms with Gasteiger partial charge >= 0.3 is 5.69 Å². The number of imidazole rings is 1. The van der Waals surface area contributed by atoms with Crippen LogP contribution in [-0.4, -0.2) is 49.4 Å². The fourth-order valence-electron chi connectivity index (χ4n) is 3.73. The molecule has 0 aliphatic carbocycles. The minimum Gasteiger partial charge on any atom is -0.382 e. The standard InChI is InChI=1S/C20H19N7O3/c1-2-3-16(29)25-9-8-15(10-25)27-19-17(18(21)22-11-23-19)26(20(27)30)14-6-4-13(5-7-14)24-12-28/h4-7,11-12,15H,8-10H2,1H3,(H,24,28)(H2,21,22,23). The summed E-state index contributed by atoms with van der Waals surface area (Å²) in [5, 5.41) is 2.55. The Bertz CT molecular complexity index is 1250. The number of nitrogens with zero attached hydrogens (tertiary/aromatic N) is 5. The summed E-state index contributed by atoms with van der Waals surface area (Å²) >= 11 is 0. The van der Waals surface area contributed by atoms with Gasteiger partial charge < -0.3 is 16.0 Å². The monoisotopic (exact) mass is 405 g/mol. The van der Waals surface area contributed by atoms with Crippen molar-refractivity contribution in [3.63, 3.8) is 0 Å². The molecule has 1 fully saturated rings. The molecule has 3 N–H and O–H groups in total. The second-order valence-corrected chi connectivity index (χ2v) is 6.80. The Morgan fingerprint density at radius 3 is 2.77 bits per heavy atom. The lowest BCUT2D eigenvalue weighted by Crippen LogP contribution is -2.31. The third-order valence-electron chi connectivity index (χ3n) is 5.08. The van der Waals surface area contributed by atoms with Crippen LogP contribution in [0.25, 0.3) is 16.9 Å². The Balaban J connectivity index is 1.83. The Kier molecular flexibility index (Phi) is 4.93. The summed E-state index contributed by atoms with van der Waals surface area (Å²) in [5.74, 6) is 5.06. The largest absolute Gasteiger partial charge is 0.382 e. The van der Waals surface area contributed by atoms with Gasteiger partial charge in [0.25, 0.3) is 5.91 Å². The number of nitrogen functional groups attached to an aromatic ring is 1. The highest BCUT2D eigenvalue weighted by atomic mass is 16.2. The zero-order valence-corrected chi connectivity index (χ0v) is 16.2. The van der Waals surface area contributed by atoms with Crippen molar-refractivity contribution in [3.8, 4) is 17.5 Å². The first-order valence-corrected chi connectivity index (χ1v) is 9.31. The van der Waals surface area contributed by atoms with Gasteiger partial charge in [-0.05, 0) is 43.5 Å². The normalized spacial score (nSPS) is 15.6. The van der Waals surface area contributed by atoms with Gasteiger partial charge in [0.15, 0.2) is 11.5 Å². The van der Waals surface area contributed by atoms with Crippen LogP contribution in [0.15, 0.2) is 35.4 Å². The van der Waals surface area contributed by atoms with Gasteiger partial charge in [0.05, 0.1) is 11.7 Å². The van der Waals surface area contributed by atoms with E-state index in [0.717, 1.165) is 0 Å². The second-order valence-electron chi connectivity index (χ2n) is 6.80.